The van der Waals surface area contributed by atoms with E-state index in [0.717, 1.165) is 5.56 Å². The van der Waals surface area contributed by atoms with Crippen LogP contribution in [0.3, 0.4) is 0 Å². The molecule has 0 fully saturated rings. The number of halogens is 1. The molecule has 1 atom stereocenters. The number of amides is 4. The van der Waals surface area contributed by atoms with Gasteiger partial charge < -0.3 is 10.6 Å². The lowest BCUT2D eigenvalue weighted by atomic mass is 10.0. The summed E-state index contributed by atoms with van der Waals surface area (Å²) >= 11 is 0. The number of nitrogens with one attached hydrogen (secondary N) is 4. The zero-order valence-corrected chi connectivity index (χ0v) is 13.3. The summed E-state index contributed by atoms with van der Waals surface area (Å²) in [5.41, 5.74) is 5.12. The average molecular weight is 324 g/mol. The van der Waals surface area contributed by atoms with Gasteiger partial charge in [-0.15, -0.1) is 0 Å². The molecule has 126 valence electrons. The summed E-state index contributed by atoms with van der Waals surface area (Å²) in [4.78, 5) is 34.6. The van der Waals surface area contributed by atoms with Crippen molar-refractivity contribution in [3.8, 4) is 0 Å². The highest BCUT2D eigenvalue weighted by Crippen LogP contribution is 2.03. The van der Waals surface area contributed by atoms with Crippen LogP contribution in [0.4, 0.5) is 9.18 Å². The predicted octanol–water partition coefficient (Wildman–Crippen LogP) is 0.817. The molecule has 0 aromatic heterocycles. The van der Waals surface area contributed by atoms with Crippen LogP contribution in [0, 0.1) is 11.7 Å². The fourth-order valence-corrected chi connectivity index (χ4v) is 1.74. The zero-order chi connectivity index (χ0) is 17.4. The molecule has 0 aliphatic rings. The molecule has 1 aromatic carbocycles. The second kappa shape index (κ2) is 8.72. The molecule has 8 heteroatoms. The maximum Gasteiger partial charge on any atom is 0.315 e. The van der Waals surface area contributed by atoms with Crippen LogP contribution in [0.15, 0.2) is 24.3 Å². The van der Waals surface area contributed by atoms with Crippen molar-refractivity contribution < 1.29 is 18.8 Å². The molecule has 0 aliphatic heterocycles. The van der Waals surface area contributed by atoms with Gasteiger partial charge in [0.25, 0.3) is 5.91 Å². The summed E-state index contributed by atoms with van der Waals surface area (Å²) in [6.45, 7) is 4.98. The molecule has 0 spiro atoms. The molecule has 7 nitrogen and oxygen atoms in total. The lowest BCUT2D eigenvalue weighted by molar-refractivity contribution is -0.129. The predicted molar refractivity (Wildman–Crippen MR) is 82.4 cm³/mol. The number of carbonyl (C=O) groups is 3. The largest absolute Gasteiger partial charge is 0.334 e. The van der Waals surface area contributed by atoms with Crippen LogP contribution < -0.4 is 21.5 Å². The number of rotatable bonds is 5. The van der Waals surface area contributed by atoms with E-state index >= 15 is 0 Å². The van der Waals surface area contributed by atoms with Crippen molar-refractivity contribution in [2.75, 3.05) is 0 Å². The Balaban J connectivity index is 2.51. The van der Waals surface area contributed by atoms with Gasteiger partial charge >= 0.3 is 6.03 Å². The highest BCUT2D eigenvalue weighted by molar-refractivity contribution is 5.88. The summed E-state index contributed by atoms with van der Waals surface area (Å²) in [7, 11) is 0. The third kappa shape index (κ3) is 6.77. The summed E-state index contributed by atoms with van der Waals surface area (Å²) in [6, 6.07) is 4.36. The van der Waals surface area contributed by atoms with E-state index in [1.54, 1.807) is 26.0 Å². The van der Waals surface area contributed by atoms with E-state index < -0.39 is 23.9 Å². The van der Waals surface area contributed by atoms with E-state index in [2.05, 4.69) is 21.5 Å². The lowest BCUT2D eigenvalue weighted by Crippen LogP contribution is -2.55. The quantitative estimate of drug-likeness (QED) is 0.603. The standard InChI is InChI=1S/C15H21FN4O3/c1-9(2)13(14(22)20-19-10(3)21)18-15(23)17-8-11-4-6-12(16)7-5-11/h4-7,9,13H,8H2,1-3H3,(H,19,21)(H,20,22)(H2,17,18,23). The molecule has 0 aliphatic carbocycles. The molecule has 1 unspecified atom stereocenters. The number of urea groups is 1. The molecule has 0 radical (unpaired) electrons. The smallest absolute Gasteiger partial charge is 0.315 e. The van der Waals surface area contributed by atoms with E-state index in [9.17, 15) is 18.8 Å². The minimum Gasteiger partial charge on any atom is -0.334 e. The monoisotopic (exact) mass is 324 g/mol. The van der Waals surface area contributed by atoms with Gasteiger partial charge in [0.2, 0.25) is 5.91 Å². The molecule has 4 N–H and O–H groups in total. The van der Waals surface area contributed by atoms with Gasteiger partial charge in [0.05, 0.1) is 0 Å². The first-order chi connectivity index (χ1) is 10.8. The van der Waals surface area contributed by atoms with Gasteiger partial charge in [0, 0.05) is 13.5 Å². The normalized spacial score (nSPS) is 11.5. The van der Waals surface area contributed by atoms with E-state index in [0.29, 0.717) is 0 Å². The Hall–Kier alpha value is -2.64. The molecule has 1 rings (SSSR count). The van der Waals surface area contributed by atoms with Gasteiger partial charge in [0.15, 0.2) is 0 Å². The summed E-state index contributed by atoms with van der Waals surface area (Å²) in [6.07, 6.45) is 0. The van der Waals surface area contributed by atoms with Gasteiger partial charge in [-0.25, -0.2) is 9.18 Å². The first-order valence-corrected chi connectivity index (χ1v) is 7.15. The summed E-state index contributed by atoms with van der Waals surface area (Å²) in [5.74, 6) is -1.47. The average Bonchev–Trinajstić information content (AvgIpc) is 2.49. The van der Waals surface area contributed by atoms with E-state index in [1.165, 1.54) is 19.1 Å². The number of hydrogen-bond acceptors (Lipinski definition) is 3. The number of benzene rings is 1. The molecule has 1 aromatic rings. The van der Waals surface area contributed by atoms with Crippen LogP contribution in [-0.4, -0.2) is 23.9 Å². The van der Waals surface area contributed by atoms with Crippen LogP contribution in [0.5, 0.6) is 0 Å². The van der Waals surface area contributed by atoms with Crippen LogP contribution in [-0.2, 0) is 16.1 Å². The summed E-state index contributed by atoms with van der Waals surface area (Å²) < 4.78 is 12.8. The minimum atomic E-state index is -0.810. The van der Waals surface area contributed by atoms with Crippen LogP contribution in [0.2, 0.25) is 0 Å². The second-order valence-corrected chi connectivity index (χ2v) is 5.35. The molecule has 0 heterocycles. The van der Waals surface area contributed by atoms with Gasteiger partial charge in [-0.05, 0) is 23.6 Å². The second-order valence-electron chi connectivity index (χ2n) is 5.35. The van der Waals surface area contributed by atoms with E-state index in [1.807, 2.05) is 0 Å². The fraction of sp³-hybridized carbons (Fsp3) is 0.400. The highest BCUT2D eigenvalue weighted by atomic mass is 19.1. The Morgan fingerprint density at radius 1 is 1.09 bits per heavy atom. The first-order valence-electron chi connectivity index (χ1n) is 7.15. The number of hydrogen-bond donors (Lipinski definition) is 4. The maximum atomic E-state index is 12.8. The third-order valence-electron chi connectivity index (χ3n) is 2.96. The van der Waals surface area contributed by atoms with Gasteiger partial charge in [-0.3, -0.25) is 20.4 Å². The Bertz CT molecular complexity index is 560. The Morgan fingerprint density at radius 3 is 2.22 bits per heavy atom. The Morgan fingerprint density at radius 2 is 1.70 bits per heavy atom. The number of carbonyl (C=O) groups excluding carboxylic acids is 3. The Labute approximate surface area is 134 Å². The third-order valence-corrected chi connectivity index (χ3v) is 2.96. The van der Waals surface area contributed by atoms with Crippen molar-refractivity contribution in [3.63, 3.8) is 0 Å². The van der Waals surface area contributed by atoms with Crippen molar-refractivity contribution in [2.24, 2.45) is 5.92 Å². The molecule has 4 amide bonds. The van der Waals surface area contributed by atoms with Crippen molar-refractivity contribution in [1.29, 1.82) is 0 Å². The van der Waals surface area contributed by atoms with Crippen molar-refractivity contribution in [3.05, 3.63) is 35.6 Å². The zero-order valence-electron chi connectivity index (χ0n) is 13.3. The Kier molecular flexibility index (Phi) is 6.98. The molecule has 23 heavy (non-hydrogen) atoms. The molecule has 0 bridgehead atoms. The summed E-state index contributed by atoms with van der Waals surface area (Å²) in [5, 5.41) is 5.12. The van der Waals surface area contributed by atoms with Gasteiger partial charge in [-0.2, -0.15) is 0 Å². The van der Waals surface area contributed by atoms with E-state index in [-0.39, 0.29) is 18.3 Å². The van der Waals surface area contributed by atoms with Crippen molar-refractivity contribution >= 4 is 17.8 Å². The van der Waals surface area contributed by atoms with E-state index in [4.69, 9.17) is 0 Å². The highest BCUT2D eigenvalue weighted by Gasteiger charge is 2.24. The first kappa shape index (κ1) is 18.4. The molecule has 0 saturated heterocycles. The van der Waals surface area contributed by atoms with Crippen LogP contribution >= 0.6 is 0 Å². The lowest BCUT2D eigenvalue weighted by Gasteiger charge is -2.21. The molecule has 0 saturated carbocycles. The maximum absolute atomic E-state index is 12.8. The SMILES string of the molecule is CC(=O)NNC(=O)C(NC(=O)NCc1ccc(F)cc1)C(C)C. The number of hydrazine groups is 1. The van der Waals surface area contributed by atoms with Crippen molar-refractivity contribution in [2.45, 2.75) is 33.4 Å². The fourth-order valence-electron chi connectivity index (χ4n) is 1.74. The van der Waals surface area contributed by atoms with Crippen LogP contribution in [0.1, 0.15) is 26.3 Å². The van der Waals surface area contributed by atoms with Gasteiger partial charge in [-0.1, -0.05) is 26.0 Å². The minimum absolute atomic E-state index is 0.180. The molecular weight excluding hydrogens is 303 g/mol. The van der Waals surface area contributed by atoms with Crippen LogP contribution in [0.25, 0.3) is 0 Å². The molecular formula is C15H21FN4O3. The van der Waals surface area contributed by atoms with Gasteiger partial charge in [0.1, 0.15) is 11.9 Å². The topological polar surface area (TPSA) is 99.3 Å². The van der Waals surface area contributed by atoms with Crippen molar-refractivity contribution in [1.82, 2.24) is 21.5 Å².